The lowest BCUT2D eigenvalue weighted by Gasteiger charge is -2.26. The Morgan fingerprint density at radius 1 is 1.03 bits per heavy atom. The summed E-state index contributed by atoms with van der Waals surface area (Å²) >= 11 is 0. The van der Waals surface area contributed by atoms with E-state index in [-0.39, 0.29) is 12.0 Å². The summed E-state index contributed by atoms with van der Waals surface area (Å²) in [5.74, 6) is 1.19. The third kappa shape index (κ3) is 6.35. The summed E-state index contributed by atoms with van der Waals surface area (Å²) < 4.78 is 11.8. The molecule has 8 nitrogen and oxygen atoms in total. The van der Waals surface area contributed by atoms with Crippen LogP contribution in [0.3, 0.4) is 0 Å². The zero-order chi connectivity index (χ0) is 27.4. The van der Waals surface area contributed by atoms with E-state index in [1.165, 1.54) is 11.8 Å². The average molecular weight is 525 g/mol. The molecule has 0 radical (unpaired) electrons. The molecule has 3 aromatic heterocycles. The lowest BCUT2D eigenvalue weighted by molar-refractivity contribution is 0.0876. The Kier molecular flexibility index (Phi) is 7.47. The van der Waals surface area contributed by atoms with Gasteiger partial charge in [0.2, 0.25) is 11.8 Å². The van der Waals surface area contributed by atoms with Crippen LogP contribution in [-0.2, 0) is 6.42 Å². The molecule has 1 atom stereocenters. The summed E-state index contributed by atoms with van der Waals surface area (Å²) in [6, 6.07) is 19.1. The number of carbonyl (C=O) groups excluding carboxylic acids is 1. The number of aromatic nitrogens is 3. The number of H-pyrrole nitrogens is 1. The zero-order valence-electron chi connectivity index (χ0n) is 22.1. The molecule has 4 N–H and O–H groups in total. The second kappa shape index (κ2) is 11.1. The second-order valence-electron chi connectivity index (χ2n) is 10.6. The van der Waals surface area contributed by atoms with Crippen molar-refractivity contribution in [3.05, 3.63) is 90.4 Å². The van der Waals surface area contributed by atoms with Crippen LogP contribution < -0.4 is 15.2 Å². The Morgan fingerprint density at radius 3 is 2.56 bits per heavy atom. The van der Waals surface area contributed by atoms with Gasteiger partial charge in [0.25, 0.3) is 0 Å². The number of carbonyl (C=O) groups is 1. The number of nitrogens with one attached hydrogen (secondary N) is 1. The Morgan fingerprint density at radius 2 is 1.82 bits per heavy atom. The fraction of sp³-hybridized carbons (Fsp3) is 0.258. The largest absolute Gasteiger partial charge is 0.489 e. The molecule has 1 amide bonds. The number of hydrogen-bond acceptors (Lipinski definition) is 6. The van der Waals surface area contributed by atoms with Crippen molar-refractivity contribution in [2.75, 3.05) is 6.61 Å². The molecule has 0 aliphatic carbocycles. The molecule has 3 heterocycles. The summed E-state index contributed by atoms with van der Waals surface area (Å²) in [6.45, 7) is 4.61. The molecule has 0 spiro atoms. The third-order valence-corrected chi connectivity index (χ3v) is 6.81. The van der Waals surface area contributed by atoms with Crippen molar-refractivity contribution in [2.45, 2.75) is 39.2 Å². The van der Waals surface area contributed by atoms with Gasteiger partial charge in [-0.1, -0.05) is 44.2 Å². The number of aromatic amines is 1. The van der Waals surface area contributed by atoms with Crippen LogP contribution in [0.4, 0.5) is 0 Å². The molecule has 0 unspecified atom stereocenters. The molecular weight excluding hydrogens is 492 g/mol. The lowest BCUT2D eigenvalue weighted by atomic mass is 9.81. The summed E-state index contributed by atoms with van der Waals surface area (Å²) in [6.07, 6.45) is 6.62. The Hall–Kier alpha value is -4.43. The van der Waals surface area contributed by atoms with E-state index >= 15 is 0 Å². The number of para-hydroxylation sites is 1. The number of nitrogens with two attached hydrogens (primary N) is 1. The van der Waals surface area contributed by atoms with Crippen LogP contribution in [0.25, 0.3) is 21.8 Å². The van der Waals surface area contributed by atoms with Gasteiger partial charge < -0.3 is 25.3 Å². The van der Waals surface area contributed by atoms with Gasteiger partial charge in [0.1, 0.15) is 18.1 Å². The molecule has 8 heteroatoms. The fourth-order valence-corrected chi connectivity index (χ4v) is 4.73. The molecule has 5 aromatic rings. The molecule has 0 bridgehead atoms. The lowest BCUT2D eigenvalue weighted by Crippen LogP contribution is -2.22. The highest BCUT2D eigenvalue weighted by atomic mass is 16.5. The number of rotatable bonds is 11. The highest BCUT2D eigenvalue weighted by Crippen LogP contribution is 2.33. The highest BCUT2D eigenvalue weighted by molar-refractivity contribution is 6.09. The molecule has 200 valence electrons. The quantitative estimate of drug-likeness (QED) is 0.201. The number of aliphatic hydroxyl groups excluding tert-OH is 1. The predicted molar refractivity (Wildman–Crippen MR) is 151 cm³/mol. The number of fused-ring (bicyclic) bond motifs is 3. The first kappa shape index (κ1) is 26.2. The first-order valence-electron chi connectivity index (χ1n) is 13.0. The minimum absolute atomic E-state index is 0.0199. The highest BCUT2D eigenvalue weighted by Gasteiger charge is 2.21. The number of amides is 1. The number of primary amides is 1. The van der Waals surface area contributed by atoms with Crippen molar-refractivity contribution in [2.24, 2.45) is 11.1 Å². The van der Waals surface area contributed by atoms with Crippen molar-refractivity contribution in [3.63, 3.8) is 0 Å². The number of pyridine rings is 2. The van der Waals surface area contributed by atoms with Gasteiger partial charge in [-0.25, -0.2) is 4.98 Å². The molecule has 5 rings (SSSR count). The maximum absolute atomic E-state index is 11.2. The van der Waals surface area contributed by atoms with Gasteiger partial charge in [-0.05, 0) is 54.5 Å². The summed E-state index contributed by atoms with van der Waals surface area (Å²) in [5.41, 5.74) is 8.68. The van der Waals surface area contributed by atoms with Crippen molar-refractivity contribution in [1.82, 2.24) is 15.0 Å². The summed E-state index contributed by atoms with van der Waals surface area (Å²) in [4.78, 5) is 23.0. The Labute approximate surface area is 226 Å². The number of ether oxygens (including phenoxy) is 2. The maximum atomic E-state index is 11.2. The molecule has 0 fully saturated rings. The number of aliphatic hydroxyl groups is 1. The smallest absolute Gasteiger partial charge is 0.250 e. The fourth-order valence-electron chi connectivity index (χ4n) is 4.73. The first-order valence-corrected chi connectivity index (χ1v) is 13.0. The van der Waals surface area contributed by atoms with Crippen molar-refractivity contribution >= 4 is 27.7 Å². The van der Waals surface area contributed by atoms with E-state index in [4.69, 9.17) is 15.2 Å². The number of hydrogen-bond donors (Lipinski definition) is 3. The van der Waals surface area contributed by atoms with E-state index in [0.29, 0.717) is 29.4 Å². The van der Waals surface area contributed by atoms with Crippen LogP contribution in [0.1, 0.15) is 42.6 Å². The van der Waals surface area contributed by atoms with Crippen LogP contribution in [0.2, 0.25) is 0 Å². The predicted octanol–water partition coefficient (Wildman–Crippen LogP) is 5.79. The minimum atomic E-state index is -0.589. The van der Waals surface area contributed by atoms with E-state index in [2.05, 4.69) is 34.9 Å². The average Bonchev–Trinajstić information content (AvgIpc) is 3.31. The van der Waals surface area contributed by atoms with Gasteiger partial charge in [0, 0.05) is 23.2 Å². The molecule has 0 saturated heterocycles. The SMILES string of the molecule is CC(C)(CC[C@H](O)COc1cncc2[nH]c3ccccc3c12)Cc1ccc(Oc2ccc(C(N)=O)cn2)cc1. The van der Waals surface area contributed by atoms with E-state index in [1.54, 1.807) is 24.5 Å². The summed E-state index contributed by atoms with van der Waals surface area (Å²) in [7, 11) is 0. The number of benzene rings is 2. The Bertz CT molecular complexity index is 1580. The maximum Gasteiger partial charge on any atom is 0.250 e. The summed E-state index contributed by atoms with van der Waals surface area (Å²) in [5, 5.41) is 12.8. The normalized spacial score (nSPS) is 12.5. The van der Waals surface area contributed by atoms with Crippen LogP contribution in [0.15, 0.2) is 79.3 Å². The van der Waals surface area contributed by atoms with Crippen molar-refractivity contribution < 1.29 is 19.4 Å². The Balaban J connectivity index is 1.13. The van der Waals surface area contributed by atoms with Crippen LogP contribution >= 0.6 is 0 Å². The van der Waals surface area contributed by atoms with Crippen LogP contribution in [0.5, 0.6) is 17.4 Å². The number of nitrogens with zero attached hydrogens (tertiary/aromatic N) is 2. The monoisotopic (exact) mass is 524 g/mol. The first-order chi connectivity index (χ1) is 18.8. The second-order valence-corrected chi connectivity index (χ2v) is 10.6. The molecule has 39 heavy (non-hydrogen) atoms. The van der Waals surface area contributed by atoms with Crippen LogP contribution in [0, 0.1) is 5.41 Å². The topological polar surface area (TPSA) is 123 Å². The van der Waals surface area contributed by atoms with Crippen molar-refractivity contribution in [1.29, 1.82) is 0 Å². The molecule has 0 saturated carbocycles. The van der Waals surface area contributed by atoms with Gasteiger partial charge in [-0.15, -0.1) is 0 Å². The van der Waals surface area contributed by atoms with Gasteiger partial charge in [-0.2, -0.15) is 0 Å². The van der Waals surface area contributed by atoms with E-state index in [1.807, 2.05) is 42.5 Å². The van der Waals surface area contributed by atoms with E-state index in [9.17, 15) is 9.90 Å². The molecule has 0 aliphatic heterocycles. The van der Waals surface area contributed by atoms with Gasteiger partial charge >= 0.3 is 0 Å². The zero-order valence-corrected chi connectivity index (χ0v) is 22.1. The molecule has 2 aromatic carbocycles. The van der Waals surface area contributed by atoms with Gasteiger partial charge in [0.05, 0.1) is 35.0 Å². The third-order valence-electron chi connectivity index (χ3n) is 6.81. The molecule has 0 aliphatic rings. The van der Waals surface area contributed by atoms with Crippen LogP contribution in [-0.4, -0.2) is 38.7 Å². The van der Waals surface area contributed by atoms with Crippen molar-refractivity contribution in [3.8, 4) is 17.4 Å². The molecular formula is C31H32N4O4. The van der Waals surface area contributed by atoms with Gasteiger partial charge in [-0.3, -0.25) is 9.78 Å². The standard InChI is InChI=1S/C31H32N4O4/c1-31(2,15-20-7-10-23(11-8-20)39-28-12-9-21(16-34-28)30(32)37)14-13-22(36)19-38-27-18-33-17-26-29(27)24-5-3-4-6-25(24)35-26/h3-12,16-18,22,35-36H,13-15,19H2,1-2H3,(H2,32,37)/t22-/m0/s1. The van der Waals surface area contributed by atoms with E-state index < -0.39 is 12.0 Å². The minimum Gasteiger partial charge on any atom is -0.489 e. The van der Waals surface area contributed by atoms with Gasteiger partial charge in [0.15, 0.2) is 0 Å². The van der Waals surface area contributed by atoms with E-state index in [0.717, 1.165) is 34.6 Å².